The molecule has 8 heteroatoms. The molecule has 3 saturated heterocycles. The van der Waals surface area contributed by atoms with Gasteiger partial charge in [-0.2, -0.15) is 0 Å². The third-order valence-corrected chi connectivity index (χ3v) is 6.36. The smallest absolute Gasteiger partial charge is 0.350 e. The van der Waals surface area contributed by atoms with Crippen LogP contribution in [0.5, 0.6) is 0 Å². The van der Waals surface area contributed by atoms with Crippen LogP contribution in [0.15, 0.2) is 11.6 Å². The number of nitrogens with zero attached hydrogens (tertiary/aromatic N) is 1. The second kappa shape index (κ2) is 7.83. The van der Waals surface area contributed by atoms with Crippen molar-refractivity contribution in [2.24, 2.45) is 11.8 Å². The first-order chi connectivity index (χ1) is 13.2. The Morgan fingerprint density at radius 3 is 2.75 bits per heavy atom. The largest absolute Gasteiger partial charge is 0.462 e. The molecule has 0 spiro atoms. The number of esters is 3. The van der Waals surface area contributed by atoms with Crippen LogP contribution in [0.4, 0.5) is 0 Å². The lowest BCUT2D eigenvalue weighted by atomic mass is 9.84. The predicted octanol–water partition coefficient (Wildman–Crippen LogP) is 0.814. The molecule has 0 aromatic heterocycles. The first-order valence-corrected chi connectivity index (χ1v) is 9.82. The third kappa shape index (κ3) is 3.67. The van der Waals surface area contributed by atoms with Crippen LogP contribution in [-0.4, -0.2) is 71.5 Å². The summed E-state index contributed by atoms with van der Waals surface area (Å²) in [5.41, 5.74) is -1.12. The number of carbonyl (C=O) groups excluding carboxylic acids is 3. The number of allylic oxidation sites excluding steroid dienone is 1. The number of ether oxygens (including phenoxy) is 3. The van der Waals surface area contributed by atoms with Gasteiger partial charge in [-0.15, -0.1) is 0 Å². The third-order valence-electron chi connectivity index (χ3n) is 6.36. The van der Waals surface area contributed by atoms with Crippen molar-refractivity contribution >= 4 is 17.9 Å². The molecular formula is C20H29NO7. The quantitative estimate of drug-likeness (QED) is 0.395. The number of carbonyl (C=O) groups is 3. The summed E-state index contributed by atoms with van der Waals surface area (Å²) in [6.45, 7) is 7.35. The van der Waals surface area contributed by atoms with Crippen molar-refractivity contribution in [3.63, 3.8) is 0 Å². The lowest BCUT2D eigenvalue weighted by Gasteiger charge is -2.35. The molecule has 1 N–H and O–H groups in total. The molecular weight excluding hydrogens is 366 g/mol. The van der Waals surface area contributed by atoms with Crippen LogP contribution in [-0.2, 0) is 28.6 Å². The molecule has 156 valence electrons. The standard InChI is InChI=1S/C20H29NO7/c1-5-13-8-11(2)20(4,28-12(3)22)19(25)26-10-14-15(23)9-21-7-6-16(17(14)21)27-18(13)24/h5,11,14-17,23H,6-10H2,1-4H3/b13-5-/t11-,14+,15-,16-,17-,20-/m1/s1. The monoisotopic (exact) mass is 395 g/mol. The van der Waals surface area contributed by atoms with E-state index in [-0.39, 0.29) is 31.1 Å². The number of rotatable bonds is 1. The molecule has 0 aromatic carbocycles. The summed E-state index contributed by atoms with van der Waals surface area (Å²) in [6.07, 6.45) is 1.53. The van der Waals surface area contributed by atoms with Crippen molar-refractivity contribution in [1.82, 2.24) is 4.90 Å². The first-order valence-electron chi connectivity index (χ1n) is 9.82. The maximum absolute atomic E-state index is 12.9. The molecule has 3 aliphatic heterocycles. The molecule has 3 rings (SSSR count). The van der Waals surface area contributed by atoms with Crippen LogP contribution >= 0.6 is 0 Å². The van der Waals surface area contributed by atoms with E-state index in [0.29, 0.717) is 18.5 Å². The Balaban J connectivity index is 1.95. The normalized spacial score (nSPS) is 40.9. The molecule has 3 aliphatic rings. The zero-order valence-corrected chi connectivity index (χ0v) is 16.8. The zero-order valence-electron chi connectivity index (χ0n) is 16.8. The van der Waals surface area contributed by atoms with Crippen molar-refractivity contribution in [2.75, 3.05) is 19.7 Å². The van der Waals surface area contributed by atoms with Gasteiger partial charge in [0.25, 0.3) is 0 Å². The van der Waals surface area contributed by atoms with Gasteiger partial charge >= 0.3 is 17.9 Å². The molecule has 3 heterocycles. The van der Waals surface area contributed by atoms with Crippen LogP contribution in [0.3, 0.4) is 0 Å². The highest BCUT2D eigenvalue weighted by molar-refractivity contribution is 5.89. The Hall–Kier alpha value is -1.93. The molecule has 0 radical (unpaired) electrons. The molecule has 0 aromatic rings. The minimum Gasteiger partial charge on any atom is -0.462 e. The van der Waals surface area contributed by atoms with Gasteiger partial charge in [-0.25, -0.2) is 9.59 Å². The summed E-state index contributed by atoms with van der Waals surface area (Å²) >= 11 is 0. The molecule has 0 amide bonds. The van der Waals surface area contributed by atoms with E-state index in [9.17, 15) is 19.5 Å². The summed E-state index contributed by atoms with van der Waals surface area (Å²) in [4.78, 5) is 39.4. The molecule has 3 fully saturated rings. The first kappa shape index (κ1) is 20.8. The summed E-state index contributed by atoms with van der Waals surface area (Å²) < 4.78 is 16.7. The van der Waals surface area contributed by atoms with Gasteiger partial charge in [-0.3, -0.25) is 9.69 Å². The summed E-state index contributed by atoms with van der Waals surface area (Å²) in [6, 6.07) is -0.193. The average molecular weight is 395 g/mol. The molecule has 0 unspecified atom stereocenters. The van der Waals surface area contributed by atoms with E-state index in [1.54, 1.807) is 19.9 Å². The molecule has 0 bridgehead atoms. The second-order valence-electron chi connectivity index (χ2n) is 8.17. The van der Waals surface area contributed by atoms with Gasteiger partial charge in [-0.1, -0.05) is 13.0 Å². The Labute approximate surface area is 164 Å². The molecule has 8 nitrogen and oxygen atoms in total. The van der Waals surface area contributed by atoms with E-state index < -0.39 is 35.5 Å². The number of aliphatic hydroxyl groups is 1. The van der Waals surface area contributed by atoms with Crippen molar-refractivity contribution in [1.29, 1.82) is 0 Å². The Kier molecular flexibility index (Phi) is 5.82. The van der Waals surface area contributed by atoms with Crippen LogP contribution < -0.4 is 0 Å². The minimum absolute atomic E-state index is 0.0186. The van der Waals surface area contributed by atoms with Crippen molar-refractivity contribution in [2.45, 2.75) is 64.4 Å². The fraction of sp³-hybridized carbons (Fsp3) is 0.750. The van der Waals surface area contributed by atoms with Gasteiger partial charge in [0, 0.05) is 37.4 Å². The summed E-state index contributed by atoms with van der Waals surface area (Å²) in [7, 11) is 0. The topological polar surface area (TPSA) is 102 Å². The summed E-state index contributed by atoms with van der Waals surface area (Å²) in [5.74, 6) is -2.58. The SMILES string of the molecule is C/C=C1/C[C@@H](C)[C@@](C)(OC(C)=O)C(=O)OC[C@@H]2[C@@H]3[C@@H](CCN3C[C@H]2O)OC1=O. The van der Waals surface area contributed by atoms with E-state index in [1.807, 2.05) is 0 Å². The fourth-order valence-corrected chi connectivity index (χ4v) is 4.56. The number of hydrogen-bond acceptors (Lipinski definition) is 8. The van der Waals surface area contributed by atoms with Gasteiger partial charge < -0.3 is 19.3 Å². The van der Waals surface area contributed by atoms with Crippen LogP contribution in [0, 0.1) is 11.8 Å². The Bertz CT molecular complexity index is 690. The van der Waals surface area contributed by atoms with Crippen LogP contribution in [0.1, 0.15) is 40.5 Å². The number of hydrogen-bond donors (Lipinski definition) is 1. The summed E-state index contributed by atoms with van der Waals surface area (Å²) in [5, 5.41) is 10.5. The Morgan fingerprint density at radius 2 is 2.11 bits per heavy atom. The average Bonchev–Trinajstić information content (AvgIpc) is 3.14. The van der Waals surface area contributed by atoms with Gasteiger partial charge in [-0.05, 0) is 26.7 Å². The van der Waals surface area contributed by atoms with Crippen molar-refractivity contribution in [3.8, 4) is 0 Å². The van der Waals surface area contributed by atoms with Crippen molar-refractivity contribution in [3.05, 3.63) is 11.6 Å². The van der Waals surface area contributed by atoms with E-state index in [1.165, 1.54) is 13.8 Å². The highest BCUT2D eigenvalue weighted by Gasteiger charge is 2.52. The zero-order chi connectivity index (χ0) is 20.6. The predicted molar refractivity (Wildman–Crippen MR) is 98.0 cm³/mol. The maximum atomic E-state index is 12.9. The fourth-order valence-electron chi connectivity index (χ4n) is 4.56. The van der Waals surface area contributed by atoms with Crippen LogP contribution in [0.2, 0.25) is 0 Å². The number of aliphatic hydroxyl groups excluding tert-OH is 1. The van der Waals surface area contributed by atoms with E-state index >= 15 is 0 Å². The van der Waals surface area contributed by atoms with Crippen LogP contribution in [0.25, 0.3) is 0 Å². The van der Waals surface area contributed by atoms with Gasteiger partial charge in [0.05, 0.1) is 18.8 Å². The highest BCUT2D eigenvalue weighted by Crippen LogP contribution is 2.37. The molecule has 0 saturated carbocycles. The lowest BCUT2D eigenvalue weighted by Crippen LogP contribution is -2.49. The lowest BCUT2D eigenvalue weighted by molar-refractivity contribution is -0.188. The van der Waals surface area contributed by atoms with E-state index in [2.05, 4.69) is 4.90 Å². The van der Waals surface area contributed by atoms with E-state index in [0.717, 1.165) is 6.54 Å². The second-order valence-corrected chi connectivity index (χ2v) is 8.17. The Morgan fingerprint density at radius 1 is 1.39 bits per heavy atom. The minimum atomic E-state index is -1.54. The van der Waals surface area contributed by atoms with Gasteiger partial charge in [0.1, 0.15) is 6.10 Å². The highest BCUT2D eigenvalue weighted by atomic mass is 16.6. The number of cyclic esters (lactones) is 1. The van der Waals surface area contributed by atoms with E-state index in [4.69, 9.17) is 14.2 Å². The maximum Gasteiger partial charge on any atom is 0.350 e. The van der Waals surface area contributed by atoms with Gasteiger partial charge in [0.2, 0.25) is 5.60 Å². The van der Waals surface area contributed by atoms with Crippen molar-refractivity contribution < 1.29 is 33.7 Å². The molecule has 6 atom stereocenters. The molecule has 0 aliphatic carbocycles. The molecule has 28 heavy (non-hydrogen) atoms. The van der Waals surface area contributed by atoms with Gasteiger partial charge in [0.15, 0.2) is 0 Å².